The molecule has 31 heavy (non-hydrogen) atoms. The largest absolute Gasteiger partial charge is 0.383 e. The highest BCUT2D eigenvalue weighted by Crippen LogP contribution is 2.32. The number of pyridine rings is 2. The summed E-state index contributed by atoms with van der Waals surface area (Å²) in [5.74, 6) is 0.491. The Bertz CT molecular complexity index is 1390. The van der Waals surface area contributed by atoms with Crippen molar-refractivity contribution in [1.82, 2.24) is 19.5 Å². The summed E-state index contributed by atoms with van der Waals surface area (Å²) in [6.45, 7) is 0.121. The molecule has 0 saturated carbocycles. The van der Waals surface area contributed by atoms with Crippen molar-refractivity contribution in [3.8, 4) is 28.3 Å². The van der Waals surface area contributed by atoms with E-state index >= 15 is 0 Å². The molecule has 2 aromatic carbocycles. The lowest BCUT2D eigenvalue weighted by Gasteiger charge is -2.12. The highest BCUT2D eigenvalue weighted by Gasteiger charge is 2.19. The fraction of sp³-hybridized carbons (Fsp3) is 0.0417. The average Bonchev–Trinajstić information content (AvgIpc) is 3.18. The van der Waals surface area contributed by atoms with Gasteiger partial charge in [-0.1, -0.05) is 36.4 Å². The Morgan fingerprint density at radius 3 is 2.48 bits per heavy atom. The van der Waals surface area contributed by atoms with Gasteiger partial charge in [0.2, 0.25) is 0 Å². The Hall–Kier alpha value is -4.10. The fourth-order valence-electron chi connectivity index (χ4n) is 3.60. The Morgan fingerprint density at radius 1 is 0.903 bits per heavy atom. The molecule has 3 aromatic heterocycles. The maximum absolute atomic E-state index is 14.6. The molecule has 0 amide bonds. The number of aromatic nitrogens is 4. The minimum Gasteiger partial charge on any atom is -0.383 e. The quantitative estimate of drug-likeness (QED) is 0.460. The second-order valence-electron chi connectivity index (χ2n) is 7.09. The number of hydrogen-bond donors (Lipinski definition) is 2. The number of halogens is 1. The van der Waals surface area contributed by atoms with Crippen molar-refractivity contribution in [2.24, 2.45) is 5.73 Å². The van der Waals surface area contributed by atoms with Gasteiger partial charge in [0.25, 0.3) is 0 Å². The highest BCUT2D eigenvalue weighted by atomic mass is 19.1. The number of nitrogens with two attached hydrogens (primary N) is 2. The standard InChI is InChI=1S/C24H19FN6/c25-19-13-17(9-8-16(19)14-26)31-23(18-7-4-12-28-22(18)27)30-21-11-10-20(29-24(21)31)15-5-2-1-3-6-15/h1-13H,14,26H2,(H2,27,28). The van der Waals surface area contributed by atoms with Gasteiger partial charge in [-0.3, -0.25) is 4.57 Å². The summed E-state index contributed by atoms with van der Waals surface area (Å²) in [5.41, 5.74) is 16.5. The van der Waals surface area contributed by atoms with E-state index in [4.69, 9.17) is 21.4 Å². The van der Waals surface area contributed by atoms with Crippen LogP contribution in [-0.4, -0.2) is 19.5 Å². The number of fused-ring (bicyclic) bond motifs is 1. The first-order chi connectivity index (χ1) is 15.2. The zero-order chi connectivity index (χ0) is 21.4. The van der Waals surface area contributed by atoms with Crippen molar-refractivity contribution >= 4 is 17.0 Å². The van der Waals surface area contributed by atoms with Gasteiger partial charge in [-0.2, -0.15) is 0 Å². The lowest BCUT2D eigenvalue weighted by Crippen LogP contribution is -2.05. The molecule has 0 aliphatic carbocycles. The van der Waals surface area contributed by atoms with Crippen LogP contribution in [0.15, 0.2) is 79.0 Å². The molecule has 7 heteroatoms. The lowest BCUT2D eigenvalue weighted by atomic mass is 10.1. The Kier molecular flexibility index (Phi) is 4.65. The van der Waals surface area contributed by atoms with Gasteiger partial charge >= 0.3 is 0 Å². The molecule has 0 unspecified atom stereocenters. The minimum atomic E-state index is -0.383. The molecule has 0 saturated heterocycles. The van der Waals surface area contributed by atoms with Crippen molar-refractivity contribution in [3.63, 3.8) is 0 Å². The van der Waals surface area contributed by atoms with Crippen LogP contribution in [0.3, 0.4) is 0 Å². The maximum Gasteiger partial charge on any atom is 0.165 e. The lowest BCUT2D eigenvalue weighted by molar-refractivity contribution is 0.609. The van der Waals surface area contributed by atoms with E-state index in [0.717, 1.165) is 11.3 Å². The van der Waals surface area contributed by atoms with Crippen LogP contribution in [0.5, 0.6) is 0 Å². The average molecular weight is 410 g/mol. The van der Waals surface area contributed by atoms with Gasteiger partial charge in [0.05, 0.1) is 16.9 Å². The van der Waals surface area contributed by atoms with Crippen LogP contribution in [0.2, 0.25) is 0 Å². The predicted octanol–water partition coefficient (Wildman–Crippen LogP) is 4.33. The van der Waals surface area contributed by atoms with E-state index in [-0.39, 0.29) is 12.4 Å². The first-order valence-corrected chi connectivity index (χ1v) is 9.80. The monoisotopic (exact) mass is 410 g/mol. The molecule has 0 atom stereocenters. The molecule has 0 spiro atoms. The Morgan fingerprint density at radius 2 is 1.74 bits per heavy atom. The number of hydrogen-bond acceptors (Lipinski definition) is 5. The smallest absolute Gasteiger partial charge is 0.165 e. The Labute approximate surface area is 178 Å². The maximum atomic E-state index is 14.6. The van der Waals surface area contributed by atoms with E-state index < -0.39 is 0 Å². The first kappa shape index (κ1) is 18.9. The molecule has 4 N–H and O–H groups in total. The molecule has 0 aliphatic rings. The minimum absolute atomic E-state index is 0.121. The van der Waals surface area contributed by atoms with Gasteiger partial charge in [-0.05, 0) is 36.4 Å². The van der Waals surface area contributed by atoms with Crippen LogP contribution < -0.4 is 11.5 Å². The van der Waals surface area contributed by atoms with Gasteiger partial charge in [-0.15, -0.1) is 0 Å². The zero-order valence-corrected chi connectivity index (χ0v) is 16.5. The number of nitrogens with zero attached hydrogens (tertiary/aromatic N) is 4. The van der Waals surface area contributed by atoms with Gasteiger partial charge in [0, 0.05) is 23.9 Å². The molecule has 0 aliphatic heterocycles. The third kappa shape index (κ3) is 3.31. The predicted molar refractivity (Wildman–Crippen MR) is 120 cm³/mol. The van der Waals surface area contributed by atoms with Gasteiger partial charge in [-0.25, -0.2) is 19.3 Å². The Balaban J connectivity index is 1.81. The number of imidazole rings is 1. The van der Waals surface area contributed by atoms with Crippen LogP contribution in [0.4, 0.5) is 10.2 Å². The van der Waals surface area contributed by atoms with Gasteiger partial charge in [0.15, 0.2) is 11.5 Å². The summed E-state index contributed by atoms with van der Waals surface area (Å²) in [6.07, 6.45) is 1.62. The number of nitrogen functional groups attached to an aromatic ring is 1. The summed E-state index contributed by atoms with van der Waals surface area (Å²) >= 11 is 0. The number of rotatable bonds is 4. The molecule has 5 aromatic rings. The van der Waals surface area contributed by atoms with Crippen molar-refractivity contribution in [1.29, 1.82) is 0 Å². The summed E-state index contributed by atoms with van der Waals surface area (Å²) in [6, 6.07) is 22.2. The van der Waals surface area contributed by atoms with Crippen LogP contribution in [-0.2, 0) is 6.54 Å². The molecular weight excluding hydrogens is 391 g/mol. The molecule has 6 nitrogen and oxygen atoms in total. The van der Waals surface area contributed by atoms with Crippen LogP contribution in [0.25, 0.3) is 39.5 Å². The molecule has 3 heterocycles. The molecule has 0 bridgehead atoms. The third-order valence-electron chi connectivity index (χ3n) is 5.17. The molecule has 152 valence electrons. The highest BCUT2D eigenvalue weighted by molar-refractivity contribution is 5.84. The van der Waals surface area contributed by atoms with E-state index in [9.17, 15) is 4.39 Å². The van der Waals surface area contributed by atoms with Crippen LogP contribution in [0, 0.1) is 5.82 Å². The van der Waals surface area contributed by atoms with E-state index in [0.29, 0.717) is 39.6 Å². The summed E-state index contributed by atoms with van der Waals surface area (Å²) < 4.78 is 16.4. The van der Waals surface area contributed by atoms with Crippen molar-refractivity contribution in [3.05, 3.63) is 90.4 Å². The van der Waals surface area contributed by atoms with Gasteiger partial charge in [0.1, 0.15) is 17.2 Å². The fourth-order valence-corrected chi connectivity index (χ4v) is 3.60. The van der Waals surface area contributed by atoms with Crippen LogP contribution >= 0.6 is 0 Å². The number of anilines is 1. The molecule has 5 rings (SSSR count). The number of benzene rings is 2. The molecule has 0 radical (unpaired) electrons. The van der Waals surface area contributed by atoms with Crippen molar-refractivity contribution < 1.29 is 4.39 Å². The third-order valence-corrected chi connectivity index (χ3v) is 5.17. The normalized spacial score (nSPS) is 11.2. The molecular formula is C24H19FN6. The van der Waals surface area contributed by atoms with E-state index in [1.165, 1.54) is 6.07 Å². The van der Waals surface area contributed by atoms with Gasteiger partial charge < -0.3 is 11.5 Å². The zero-order valence-electron chi connectivity index (χ0n) is 16.5. The summed E-state index contributed by atoms with van der Waals surface area (Å²) in [4.78, 5) is 13.8. The second kappa shape index (κ2) is 7.62. The van der Waals surface area contributed by atoms with Crippen molar-refractivity contribution in [2.45, 2.75) is 6.54 Å². The summed E-state index contributed by atoms with van der Waals surface area (Å²) in [5, 5.41) is 0. The van der Waals surface area contributed by atoms with Crippen molar-refractivity contribution in [2.75, 3.05) is 5.73 Å². The van der Waals surface area contributed by atoms with E-state index in [1.54, 1.807) is 29.0 Å². The first-order valence-electron chi connectivity index (χ1n) is 9.80. The van der Waals surface area contributed by atoms with Crippen LogP contribution in [0.1, 0.15) is 5.56 Å². The second-order valence-corrected chi connectivity index (χ2v) is 7.09. The SMILES string of the molecule is NCc1ccc(-n2c(-c3cccnc3N)nc3ccc(-c4ccccc4)nc32)cc1F. The topological polar surface area (TPSA) is 95.6 Å². The van der Waals surface area contributed by atoms with E-state index in [2.05, 4.69) is 4.98 Å². The summed E-state index contributed by atoms with van der Waals surface area (Å²) in [7, 11) is 0. The molecule has 0 fully saturated rings. The van der Waals surface area contributed by atoms with E-state index in [1.807, 2.05) is 48.5 Å².